The maximum Gasteiger partial charge on any atom is 0.325 e. The molecule has 0 spiro atoms. The number of likely N-dealkylation sites (N-methyl/N-ethyl adjacent to an activating group) is 1. The number of hydrogen-bond acceptors (Lipinski definition) is 27. The van der Waals surface area contributed by atoms with Gasteiger partial charge in [0.1, 0.15) is 52.0 Å². The monoisotopic (exact) mass is 1780 g/mol. The van der Waals surface area contributed by atoms with Crippen LogP contribution < -0.4 is 35.6 Å². The molecule has 35 nitrogen and oxygen atoms in total. The van der Waals surface area contributed by atoms with Crippen LogP contribution >= 0.6 is 0 Å². The third-order valence-electron chi connectivity index (χ3n) is 20.3. The van der Waals surface area contributed by atoms with Gasteiger partial charge in [-0.3, -0.25) is 76.4 Å². The van der Waals surface area contributed by atoms with Gasteiger partial charge in [-0.25, -0.2) is 13.4 Å². The molecule has 0 radical (unpaired) electrons. The minimum atomic E-state index is -5.17. The van der Waals surface area contributed by atoms with E-state index in [1.807, 2.05) is 77.8 Å². The Labute approximate surface area is 726 Å². The summed E-state index contributed by atoms with van der Waals surface area (Å²) in [5.74, 6) is -8.34. The van der Waals surface area contributed by atoms with E-state index in [0.717, 1.165) is 36.3 Å². The summed E-state index contributed by atoms with van der Waals surface area (Å²) in [6.45, 7) is 18.0. The van der Waals surface area contributed by atoms with Gasteiger partial charge in [-0.05, 0) is 147 Å². The number of carbonyl (C=O) groups is 9. The third-order valence-corrected chi connectivity index (χ3v) is 23.7. The minimum Gasteiger partial charge on any atom is -0.494 e. The molecule has 3 heterocycles. The van der Waals surface area contributed by atoms with Crippen molar-refractivity contribution in [3.63, 3.8) is 0 Å². The predicted molar refractivity (Wildman–Crippen MR) is 464 cm³/mol. The molecule has 0 aliphatic carbocycles. The van der Waals surface area contributed by atoms with Crippen molar-refractivity contribution in [2.24, 2.45) is 0 Å². The number of ether oxygens (including phenoxy) is 5. The molecule has 2 aliphatic heterocycles. The van der Waals surface area contributed by atoms with E-state index >= 15 is 0 Å². The number of anilines is 2. The number of esters is 4. The molecule has 38 heteroatoms. The second-order valence-corrected chi connectivity index (χ2v) is 38.5. The SMILES string of the molecule is COC(=O)[C@H](CNC(=O)C1CC(=O)c2ccc(CNc3nccn3C(c3ccccc3)(c3ccccc3)c3ccccc3)cc2N1C)NS(=O)(=O)c1c(C)cc(OCCCC(=O)NCCNC(=O)[C@H](CS(=O)(=O)O)N(C(=O)CN2CCN(CC(=O)OC(C)(C)C)CCN(CC(=O)OC(C)(C)C)CCN(CC(=O)OC(C)(C)C)CC2)[C@H](C)CS(=O)(=O)O)cc1C. The molecule has 1 unspecified atom stereocenters. The zero-order chi connectivity index (χ0) is 91.3. The van der Waals surface area contributed by atoms with Gasteiger partial charge in [0.2, 0.25) is 39.6 Å². The number of fused-ring (bicyclic) bond motifs is 1. The average Bonchev–Trinajstić information content (AvgIpc) is 1.34. The summed E-state index contributed by atoms with van der Waals surface area (Å²) in [7, 11) is -12.0. The number of rotatable bonds is 37. The molecule has 1 saturated heterocycles. The van der Waals surface area contributed by atoms with Crippen molar-refractivity contribution >= 4 is 95.2 Å². The molecule has 678 valence electrons. The van der Waals surface area contributed by atoms with Gasteiger partial charge in [0.15, 0.2) is 5.78 Å². The number of nitrogens with zero attached hydrogens (tertiary/aromatic N) is 8. The van der Waals surface area contributed by atoms with E-state index < -0.39 is 155 Å². The topological polar surface area (TPSA) is 440 Å². The summed E-state index contributed by atoms with van der Waals surface area (Å²) in [5.41, 5.74) is 1.60. The lowest BCUT2D eigenvalue weighted by Gasteiger charge is -2.38. The number of aromatic nitrogens is 2. The van der Waals surface area contributed by atoms with Crippen molar-refractivity contribution in [3.05, 3.63) is 173 Å². The van der Waals surface area contributed by atoms with Crippen LogP contribution in [0.4, 0.5) is 11.6 Å². The molecular formula is C86H119N13O22S3. The van der Waals surface area contributed by atoms with E-state index in [-0.39, 0.29) is 139 Å². The van der Waals surface area contributed by atoms with E-state index in [1.54, 1.807) is 101 Å². The molecule has 7 N–H and O–H groups in total. The van der Waals surface area contributed by atoms with Gasteiger partial charge in [-0.1, -0.05) is 97.1 Å². The van der Waals surface area contributed by atoms with Gasteiger partial charge in [0.05, 0.1) is 50.5 Å². The fraction of sp³-hybridized carbons (Fsp3) is 0.512. The van der Waals surface area contributed by atoms with Crippen LogP contribution in [0.5, 0.6) is 5.75 Å². The number of methoxy groups -OCH3 is 1. The molecule has 124 heavy (non-hydrogen) atoms. The van der Waals surface area contributed by atoms with Gasteiger partial charge in [0.25, 0.3) is 20.2 Å². The van der Waals surface area contributed by atoms with E-state index in [1.165, 1.54) is 26.0 Å². The number of Topliss-reactive ketones (excluding diaryl/α,β-unsaturated/α-hetero) is 1. The summed E-state index contributed by atoms with van der Waals surface area (Å²) >= 11 is 0. The first-order valence-electron chi connectivity index (χ1n) is 40.9. The zero-order valence-corrected chi connectivity index (χ0v) is 75.4. The Balaban J connectivity index is 0.865. The molecule has 0 saturated carbocycles. The highest BCUT2D eigenvalue weighted by Crippen LogP contribution is 2.43. The van der Waals surface area contributed by atoms with E-state index in [4.69, 9.17) is 28.7 Å². The number of benzene rings is 5. The number of hydrogen-bond donors (Lipinski definition) is 7. The number of sulfonamides is 1. The number of ketones is 1. The van der Waals surface area contributed by atoms with Crippen LogP contribution in [0.25, 0.3) is 0 Å². The zero-order valence-electron chi connectivity index (χ0n) is 72.9. The Morgan fingerprint density at radius 2 is 1.06 bits per heavy atom. The number of imidazole rings is 1. The Morgan fingerprint density at radius 3 is 1.52 bits per heavy atom. The van der Waals surface area contributed by atoms with Crippen LogP contribution in [-0.4, -0.2) is 293 Å². The van der Waals surface area contributed by atoms with E-state index in [2.05, 4.69) is 67.0 Å². The summed E-state index contributed by atoms with van der Waals surface area (Å²) in [6.07, 6.45) is 3.39. The second-order valence-electron chi connectivity index (χ2n) is 33.8. The van der Waals surface area contributed by atoms with Crippen LogP contribution in [0.3, 0.4) is 0 Å². The fourth-order valence-electron chi connectivity index (χ4n) is 15.0. The Hall–Kier alpha value is -10.3. The molecule has 6 aromatic rings. The lowest BCUT2D eigenvalue weighted by molar-refractivity contribution is -0.158. The standard InChI is InChI=1S/C86H119N13O22S3/c1-59-47-66(48-60(2)78(59)124(115,116)92-68(81(108)117-14)52-90-79(106)70-50-72(100)67-33-32-62(49-69(67)93(70)13)51-91-82-89-36-37-98(82)86(63-25-18-15-19-26-63,64-27-20-16-21-28-64)65-29-22-17-23-30-65)118-46-24-31-73(101)87-34-35-88-80(107)71(58-123(112,113)114)99(61(3)57-122(109,110)111)74(102)53-94-38-40-95(54-75(103)119-83(4,5)6)42-44-97(56-77(105)121-85(10,11)12)45-43-96(41-39-94)55-76(104)120-84(7,8)9/h15-23,25-30,32-33,36-37,47-49,61,68,70-71,92H,24,31,34-35,38-46,50-58H2,1-14H3,(H,87,101)(H,88,107)(H,89,91)(H,90,106)(H,109,110,111)(H,112,113,114)/t61-,68+,70?,71+/m1/s1. The first-order valence-corrected chi connectivity index (χ1v) is 45.6. The van der Waals surface area contributed by atoms with Gasteiger partial charge in [-0.2, -0.15) is 21.6 Å². The first kappa shape index (κ1) is 99.1. The second kappa shape index (κ2) is 43.6. The average molecular weight is 1780 g/mol. The maximum absolute atomic E-state index is 14.9. The first-order chi connectivity index (χ1) is 58.1. The molecule has 1 fully saturated rings. The smallest absolute Gasteiger partial charge is 0.325 e. The summed E-state index contributed by atoms with van der Waals surface area (Å²) in [5, 5.41) is 11.2. The van der Waals surface area contributed by atoms with Crippen LogP contribution in [0.15, 0.2) is 139 Å². The Morgan fingerprint density at radius 1 is 0.605 bits per heavy atom. The largest absolute Gasteiger partial charge is 0.494 e. The van der Waals surface area contributed by atoms with Crippen molar-refractivity contribution in [2.45, 2.75) is 160 Å². The van der Waals surface area contributed by atoms with Crippen LogP contribution in [-0.2, 0) is 99.6 Å². The van der Waals surface area contributed by atoms with Crippen molar-refractivity contribution in [1.29, 1.82) is 0 Å². The van der Waals surface area contributed by atoms with Gasteiger partial charge in [0, 0.05) is 128 Å². The number of aryl methyl sites for hydroxylation is 2. The number of carbonyl (C=O) groups excluding carboxylic acids is 9. The Bertz CT molecular complexity index is 4900. The van der Waals surface area contributed by atoms with Gasteiger partial charge < -0.3 is 54.8 Å². The quantitative estimate of drug-likeness (QED) is 0.00889. The van der Waals surface area contributed by atoms with Crippen molar-refractivity contribution in [3.8, 4) is 5.75 Å². The molecule has 1 aromatic heterocycles. The fourth-order valence-corrected chi connectivity index (χ4v) is 18.1. The summed E-state index contributed by atoms with van der Waals surface area (Å²) < 4.78 is 132. The Kier molecular flexibility index (Phi) is 34.8. The van der Waals surface area contributed by atoms with Crippen LogP contribution in [0, 0.1) is 13.8 Å². The molecule has 4 atom stereocenters. The summed E-state index contributed by atoms with van der Waals surface area (Å²) in [4.78, 5) is 138. The molecule has 8 rings (SSSR count). The van der Waals surface area contributed by atoms with E-state index in [0.29, 0.717) is 22.1 Å². The van der Waals surface area contributed by atoms with Crippen LogP contribution in [0.1, 0.15) is 132 Å². The van der Waals surface area contributed by atoms with Crippen molar-refractivity contribution in [1.82, 2.24) is 54.7 Å². The molecule has 5 aromatic carbocycles. The highest BCUT2D eigenvalue weighted by atomic mass is 32.2. The van der Waals surface area contributed by atoms with Gasteiger partial charge >= 0.3 is 23.9 Å². The predicted octanol–water partition coefficient (Wildman–Crippen LogP) is 4.98. The maximum atomic E-state index is 14.9. The number of nitrogens with one attached hydrogen (secondary N) is 5. The molecule has 4 amide bonds. The summed E-state index contributed by atoms with van der Waals surface area (Å²) in [6, 6.07) is 32.1. The highest BCUT2D eigenvalue weighted by molar-refractivity contribution is 7.89. The molecule has 2 aliphatic rings. The van der Waals surface area contributed by atoms with Crippen molar-refractivity contribution in [2.75, 3.05) is 141 Å². The lowest BCUT2D eigenvalue weighted by Crippen LogP contribution is -2.60. The van der Waals surface area contributed by atoms with Crippen LogP contribution in [0.2, 0.25) is 0 Å². The highest BCUT2D eigenvalue weighted by Gasteiger charge is 2.43. The molecular weight excluding hydrogens is 1660 g/mol. The number of amides is 4. The van der Waals surface area contributed by atoms with Gasteiger partial charge in [-0.15, -0.1) is 0 Å². The van der Waals surface area contributed by atoms with E-state index in [9.17, 15) is 77.5 Å². The van der Waals surface area contributed by atoms with Crippen molar-refractivity contribution < 1.29 is 101 Å². The molecule has 0 bridgehead atoms. The third kappa shape index (κ3) is 29.7. The minimum absolute atomic E-state index is 0.0271. The normalized spacial score (nSPS) is 16.0. The lowest BCUT2D eigenvalue weighted by atomic mass is 9.76.